The average molecular weight is 261 g/mol. The van der Waals surface area contributed by atoms with Crippen LogP contribution < -0.4 is 5.32 Å². The van der Waals surface area contributed by atoms with E-state index in [1.807, 2.05) is 36.7 Å². The van der Waals surface area contributed by atoms with Crippen LogP contribution in [-0.4, -0.2) is 28.6 Å². The normalized spacial score (nSPS) is 10.6. The summed E-state index contributed by atoms with van der Waals surface area (Å²) >= 11 is 0. The second-order valence-electron chi connectivity index (χ2n) is 4.28. The van der Waals surface area contributed by atoms with Crippen LogP contribution in [0.5, 0.6) is 0 Å². The third-order valence-corrected chi connectivity index (χ3v) is 2.82. The molecule has 0 fully saturated rings. The zero-order valence-corrected chi connectivity index (χ0v) is 11.0. The van der Waals surface area contributed by atoms with Gasteiger partial charge < -0.3 is 15.2 Å². The summed E-state index contributed by atoms with van der Waals surface area (Å²) in [4.78, 5) is 0. The molecule has 0 spiro atoms. The van der Waals surface area contributed by atoms with Gasteiger partial charge in [0.25, 0.3) is 0 Å². The molecule has 0 aliphatic carbocycles. The molecule has 0 aliphatic heterocycles. The van der Waals surface area contributed by atoms with Gasteiger partial charge in [0.2, 0.25) is 0 Å². The fourth-order valence-corrected chi connectivity index (χ4v) is 1.89. The number of para-hydroxylation sites is 1. The number of nitrogens with one attached hydrogen (secondary N) is 1. The number of hydrogen-bond donors (Lipinski definition) is 2. The number of anilines is 1. The molecule has 5 nitrogen and oxygen atoms in total. The third-order valence-electron chi connectivity index (χ3n) is 2.82. The van der Waals surface area contributed by atoms with Crippen LogP contribution in [0.3, 0.4) is 0 Å². The van der Waals surface area contributed by atoms with Gasteiger partial charge in [-0.1, -0.05) is 18.2 Å². The van der Waals surface area contributed by atoms with E-state index in [1.54, 1.807) is 11.8 Å². The van der Waals surface area contributed by atoms with Crippen molar-refractivity contribution in [1.29, 1.82) is 0 Å². The van der Waals surface area contributed by atoms with Gasteiger partial charge in [0.1, 0.15) is 0 Å². The van der Waals surface area contributed by atoms with Crippen LogP contribution >= 0.6 is 0 Å². The van der Waals surface area contributed by atoms with Gasteiger partial charge in [-0.2, -0.15) is 5.10 Å². The number of nitrogens with zero attached hydrogens (tertiary/aromatic N) is 2. The Morgan fingerprint density at radius 1 is 1.37 bits per heavy atom. The maximum Gasteiger partial charge on any atom is 0.0733 e. The van der Waals surface area contributed by atoms with Crippen LogP contribution in [0.2, 0.25) is 0 Å². The Morgan fingerprint density at radius 2 is 2.21 bits per heavy atom. The number of hydrogen-bond acceptors (Lipinski definition) is 4. The van der Waals surface area contributed by atoms with E-state index in [0.717, 1.165) is 16.8 Å². The summed E-state index contributed by atoms with van der Waals surface area (Å²) < 4.78 is 6.91. The molecule has 0 aliphatic rings. The summed E-state index contributed by atoms with van der Waals surface area (Å²) in [6.07, 6.45) is 3.74. The minimum Gasteiger partial charge on any atom is -0.394 e. The van der Waals surface area contributed by atoms with Crippen molar-refractivity contribution in [3.8, 4) is 0 Å². The van der Waals surface area contributed by atoms with Crippen molar-refractivity contribution in [3.05, 3.63) is 47.8 Å². The van der Waals surface area contributed by atoms with E-state index in [2.05, 4.69) is 10.4 Å². The summed E-state index contributed by atoms with van der Waals surface area (Å²) in [5, 5.41) is 16.4. The molecule has 5 heteroatoms. The standard InChI is InChI=1S/C14H19N3O2/c1-19-11-13-4-2-3-5-14(13)15-8-12-9-16-17(10-12)6-7-18/h2-5,9-10,15,18H,6-8,11H2,1H3. The van der Waals surface area contributed by atoms with Gasteiger partial charge in [0, 0.05) is 36.7 Å². The highest BCUT2D eigenvalue weighted by Crippen LogP contribution is 2.16. The molecule has 2 N–H and O–H groups in total. The molecule has 0 amide bonds. The molecule has 2 aromatic rings. The fraction of sp³-hybridized carbons (Fsp3) is 0.357. The van der Waals surface area contributed by atoms with E-state index in [9.17, 15) is 0 Å². The van der Waals surface area contributed by atoms with E-state index < -0.39 is 0 Å². The second-order valence-corrected chi connectivity index (χ2v) is 4.28. The van der Waals surface area contributed by atoms with E-state index >= 15 is 0 Å². The van der Waals surface area contributed by atoms with Crippen molar-refractivity contribution >= 4 is 5.69 Å². The highest BCUT2D eigenvalue weighted by Gasteiger charge is 2.02. The number of aliphatic hydroxyl groups excluding tert-OH is 1. The molecule has 2 rings (SSSR count). The van der Waals surface area contributed by atoms with Gasteiger partial charge in [-0.25, -0.2) is 0 Å². The van der Waals surface area contributed by atoms with Crippen LogP contribution in [0.25, 0.3) is 0 Å². The van der Waals surface area contributed by atoms with E-state index in [0.29, 0.717) is 19.7 Å². The molecule has 1 aromatic carbocycles. The number of aromatic nitrogens is 2. The van der Waals surface area contributed by atoms with E-state index in [1.165, 1.54) is 0 Å². The molecule has 0 unspecified atom stereocenters. The van der Waals surface area contributed by atoms with Gasteiger partial charge in [0.15, 0.2) is 0 Å². The number of benzene rings is 1. The smallest absolute Gasteiger partial charge is 0.0733 e. The van der Waals surface area contributed by atoms with Crippen molar-refractivity contribution in [2.45, 2.75) is 19.7 Å². The lowest BCUT2D eigenvalue weighted by atomic mass is 10.2. The molecule has 0 saturated carbocycles. The van der Waals surface area contributed by atoms with Gasteiger partial charge in [0.05, 0.1) is 26.0 Å². The third kappa shape index (κ3) is 3.81. The lowest BCUT2D eigenvalue weighted by molar-refractivity contribution is 0.185. The summed E-state index contributed by atoms with van der Waals surface area (Å²) in [7, 11) is 1.69. The van der Waals surface area contributed by atoms with Gasteiger partial charge in [-0.3, -0.25) is 4.68 Å². The first-order valence-corrected chi connectivity index (χ1v) is 6.26. The Hall–Kier alpha value is -1.85. The Labute approximate surface area is 112 Å². The van der Waals surface area contributed by atoms with Crippen molar-refractivity contribution in [1.82, 2.24) is 9.78 Å². The quantitative estimate of drug-likeness (QED) is 0.795. The van der Waals surface area contributed by atoms with Crippen molar-refractivity contribution in [2.24, 2.45) is 0 Å². The van der Waals surface area contributed by atoms with Crippen LogP contribution in [0.1, 0.15) is 11.1 Å². The lowest BCUT2D eigenvalue weighted by Gasteiger charge is -2.10. The van der Waals surface area contributed by atoms with Crippen LogP contribution in [0.4, 0.5) is 5.69 Å². The van der Waals surface area contributed by atoms with Crippen LogP contribution in [0, 0.1) is 0 Å². The van der Waals surface area contributed by atoms with E-state index in [4.69, 9.17) is 9.84 Å². The summed E-state index contributed by atoms with van der Waals surface area (Å²) in [6, 6.07) is 8.07. The Balaban J connectivity index is 1.97. The zero-order valence-electron chi connectivity index (χ0n) is 11.0. The Kier molecular flexibility index (Phi) is 4.94. The largest absolute Gasteiger partial charge is 0.394 e. The first-order valence-electron chi connectivity index (χ1n) is 6.26. The number of methoxy groups -OCH3 is 1. The first-order chi connectivity index (χ1) is 9.33. The molecule has 0 radical (unpaired) electrons. The number of rotatable bonds is 7. The Bertz CT molecular complexity index is 511. The molecule has 1 aromatic heterocycles. The number of ether oxygens (including phenoxy) is 1. The lowest BCUT2D eigenvalue weighted by Crippen LogP contribution is -2.03. The van der Waals surface area contributed by atoms with Gasteiger partial charge in [-0.05, 0) is 6.07 Å². The molecule has 0 bridgehead atoms. The number of aliphatic hydroxyl groups is 1. The zero-order chi connectivity index (χ0) is 13.5. The molecule has 1 heterocycles. The molecule has 102 valence electrons. The molecule has 0 saturated heterocycles. The van der Waals surface area contributed by atoms with Crippen molar-refractivity contribution in [2.75, 3.05) is 19.0 Å². The summed E-state index contributed by atoms with van der Waals surface area (Å²) in [6.45, 7) is 1.92. The molecule has 0 atom stereocenters. The Morgan fingerprint density at radius 3 is 3.00 bits per heavy atom. The minimum atomic E-state index is 0.102. The highest BCUT2D eigenvalue weighted by atomic mass is 16.5. The van der Waals surface area contributed by atoms with Crippen LogP contribution in [0.15, 0.2) is 36.7 Å². The minimum absolute atomic E-state index is 0.102. The monoisotopic (exact) mass is 261 g/mol. The molecular formula is C14H19N3O2. The summed E-state index contributed by atoms with van der Waals surface area (Å²) in [5.74, 6) is 0. The predicted molar refractivity (Wildman–Crippen MR) is 73.8 cm³/mol. The topological polar surface area (TPSA) is 59.3 Å². The molecule has 19 heavy (non-hydrogen) atoms. The van der Waals surface area contributed by atoms with Crippen LogP contribution in [-0.2, 0) is 24.4 Å². The second kappa shape index (κ2) is 6.92. The van der Waals surface area contributed by atoms with Crippen molar-refractivity contribution < 1.29 is 9.84 Å². The van der Waals surface area contributed by atoms with Crippen molar-refractivity contribution in [3.63, 3.8) is 0 Å². The van der Waals surface area contributed by atoms with Gasteiger partial charge >= 0.3 is 0 Å². The first kappa shape index (κ1) is 13.6. The SMILES string of the molecule is COCc1ccccc1NCc1cnn(CCO)c1. The summed E-state index contributed by atoms with van der Waals surface area (Å²) in [5.41, 5.74) is 3.28. The average Bonchev–Trinajstić information content (AvgIpc) is 2.86. The maximum absolute atomic E-state index is 8.84. The highest BCUT2D eigenvalue weighted by molar-refractivity contribution is 5.51. The van der Waals surface area contributed by atoms with Gasteiger partial charge in [-0.15, -0.1) is 0 Å². The molecular weight excluding hydrogens is 242 g/mol. The predicted octanol–water partition coefficient (Wildman–Crippen LogP) is 1.63. The fourth-order valence-electron chi connectivity index (χ4n) is 1.89. The maximum atomic E-state index is 8.84. The van der Waals surface area contributed by atoms with E-state index in [-0.39, 0.29) is 6.61 Å².